The molecule has 3 aromatic rings. The summed E-state index contributed by atoms with van der Waals surface area (Å²) in [4.78, 5) is 19.4. The van der Waals surface area contributed by atoms with E-state index in [9.17, 15) is 9.35 Å². The molecule has 1 unspecified atom stereocenters. The monoisotopic (exact) mass is 489 g/mol. The Hall–Kier alpha value is -2.16. The average Bonchev–Trinajstić information content (AvgIpc) is 3.48. The van der Waals surface area contributed by atoms with Gasteiger partial charge in [0.05, 0.1) is 0 Å². The van der Waals surface area contributed by atoms with E-state index in [2.05, 4.69) is 15.2 Å². The standard InChI is InChI=1S/C24H28ClN3O4S/c1-2-33(30)21-6-5-20(31-21)22(29)26-17-7-9-24(10-8-17)11-13-28(14-12-24)23-27-18-15-16(25)3-4-19(18)32-23/h3-6,15,17H,2,7-14H2,1H3,(H,26,29). The maximum atomic E-state index is 12.6. The Labute approximate surface area is 201 Å². The molecule has 1 aliphatic heterocycles. The summed E-state index contributed by atoms with van der Waals surface area (Å²) < 4.78 is 23.3. The lowest BCUT2D eigenvalue weighted by Crippen LogP contribution is -2.45. The van der Waals surface area contributed by atoms with E-state index in [-0.39, 0.29) is 17.7 Å². The van der Waals surface area contributed by atoms with Gasteiger partial charge in [-0.05, 0) is 75.1 Å². The van der Waals surface area contributed by atoms with Gasteiger partial charge in [-0.2, -0.15) is 4.98 Å². The second-order valence-corrected chi connectivity index (χ2v) is 11.2. The van der Waals surface area contributed by atoms with Crippen LogP contribution in [-0.2, 0) is 11.2 Å². The molecule has 3 heterocycles. The molecule has 1 aromatic carbocycles. The molecule has 1 spiro atoms. The fourth-order valence-corrected chi connectivity index (χ4v) is 5.89. The summed E-state index contributed by atoms with van der Waals surface area (Å²) in [6.45, 7) is 3.66. The number of furan rings is 1. The maximum absolute atomic E-state index is 12.6. The first-order chi connectivity index (χ1) is 15.9. The molecule has 1 saturated carbocycles. The largest absolute Gasteiger partial charge is 0.609 e. The van der Waals surface area contributed by atoms with Crippen LogP contribution in [0.5, 0.6) is 0 Å². The number of piperidine rings is 1. The number of carbonyl (C=O) groups excluding carboxylic acids is 1. The summed E-state index contributed by atoms with van der Waals surface area (Å²) in [6, 6.07) is 9.57. The smallest absolute Gasteiger partial charge is 0.311 e. The van der Waals surface area contributed by atoms with Gasteiger partial charge < -0.3 is 23.6 Å². The highest BCUT2D eigenvalue weighted by molar-refractivity contribution is 7.91. The molecule has 1 saturated heterocycles. The van der Waals surface area contributed by atoms with Crippen molar-refractivity contribution in [3.63, 3.8) is 0 Å². The number of halogens is 1. The Bertz CT molecular complexity index is 1130. The molecule has 1 atom stereocenters. The first-order valence-corrected chi connectivity index (χ1v) is 13.2. The highest BCUT2D eigenvalue weighted by Crippen LogP contribution is 2.45. The molecule has 1 amide bonds. The van der Waals surface area contributed by atoms with E-state index in [1.807, 2.05) is 25.1 Å². The van der Waals surface area contributed by atoms with Gasteiger partial charge in [0, 0.05) is 41.4 Å². The molecule has 2 fully saturated rings. The van der Waals surface area contributed by atoms with Crippen LogP contribution in [-0.4, -0.2) is 40.3 Å². The van der Waals surface area contributed by atoms with E-state index in [0.717, 1.165) is 62.7 Å². The lowest BCUT2D eigenvalue weighted by molar-refractivity contribution is 0.0835. The molecule has 1 aliphatic carbocycles. The van der Waals surface area contributed by atoms with Crippen molar-refractivity contribution >= 4 is 45.8 Å². The van der Waals surface area contributed by atoms with Crippen LogP contribution < -0.4 is 10.2 Å². The third kappa shape index (κ3) is 4.74. The van der Waals surface area contributed by atoms with E-state index < -0.39 is 11.2 Å². The van der Waals surface area contributed by atoms with Crippen molar-refractivity contribution in [2.75, 3.05) is 23.7 Å². The normalized spacial score (nSPS) is 19.8. The van der Waals surface area contributed by atoms with Gasteiger partial charge in [-0.1, -0.05) is 11.6 Å². The maximum Gasteiger partial charge on any atom is 0.311 e. The first-order valence-electron chi connectivity index (χ1n) is 11.5. The van der Waals surface area contributed by atoms with Crippen LogP contribution in [0.3, 0.4) is 0 Å². The molecule has 2 aromatic heterocycles. The number of hydrogen-bond acceptors (Lipinski definition) is 6. The molecule has 9 heteroatoms. The van der Waals surface area contributed by atoms with Crippen molar-refractivity contribution in [1.29, 1.82) is 0 Å². The lowest BCUT2D eigenvalue weighted by atomic mass is 9.67. The highest BCUT2D eigenvalue weighted by atomic mass is 35.5. The van der Waals surface area contributed by atoms with Gasteiger partial charge >= 0.3 is 5.09 Å². The highest BCUT2D eigenvalue weighted by Gasteiger charge is 2.39. The SMILES string of the molecule is CC[S+]([O-])c1ccc(C(=O)NC2CCC3(CC2)CCN(c2nc4cc(Cl)ccc4o2)CC3)o1. The second-order valence-electron chi connectivity index (χ2n) is 9.10. The van der Waals surface area contributed by atoms with Crippen molar-refractivity contribution in [3.05, 3.63) is 41.1 Å². The molecule has 5 rings (SSSR count). The van der Waals surface area contributed by atoms with E-state index in [1.54, 1.807) is 12.1 Å². The van der Waals surface area contributed by atoms with Crippen LogP contribution in [0.4, 0.5) is 6.01 Å². The molecule has 1 N–H and O–H groups in total. The van der Waals surface area contributed by atoms with Crippen LogP contribution in [0.15, 0.2) is 44.3 Å². The molecule has 33 heavy (non-hydrogen) atoms. The lowest BCUT2D eigenvalue weighted by Gasteiger charge is -2.45. The number of carbonyl (C=O) groups is 1. The first kappa shape index (κ1) is 22.6. The van der Waals surface area contributed by atoms with E-state index >= 15 is 0 Å². The van der Waals surface area contributed by atoms with Crippen molar-refractivity contribution in [2.24, 2.45) is 5.41 Å². The number of benzene rings is 1. The van der Waals surface area contributed by atoms with Gasteiger partial charge in [0.1, 0.15) is 11.3 Å². The number of rotatable bonds is 5. The van der Waals surface area contributed by atoms with Crippen LogP contribution >= 0.6 is 11.6 Å². The predicted molar refractivity (Wildman–Crippen MR) is 128 cm³/mol. The van der Waals surface area contributed by atoms with E-state index in [0.29, 0.717) is 27.3 Å². The summed E-state index contributed by atoms with van der Waals surface area (Å²) in [5.41, 5.74) is 1.87. The third-order valence-corrected chi connectivity index (χ3v) is 8.53. The summed E-state index contributed by atoms with van der Waals surface area (Å²) >= 11 is 4.88. The van der Waals surface area contributed by atoms with Gasteiger partial charge in [0.25, 0.3) is 11.9 Å². The molecule has 176 valence electrons. The Morgan fingerprint density at radius 3 is 2.70 bits per heavy atom. The van der Waals surface area contributed by atoms with Crippen LogP contribution in [0.2, 0.25) is 5.02 Å². The van der Waals surface area contributed by atoms with Crippen molar-refractivity contribution in [2.45, 2.75) is 56.6 Å². The number of nitrogens with one attached hydrogen (secondary N) is 1. The van der Waals surface area contributed by atoms with Crippen LogP contribution in [0.25, 0.3) is 11.1 Å². The number of nitrogens with zero attached hydrogens (tertiary/aromatic N) is 2. The minimum atomic E-state index is -1.19. The number of aromatic nitrogens is 1. The number of amides is 1. The molecule has 0 radical (unpaired) electrons. The zero-order valence-electron chi connectivity index (χ0n) is 18.6. The third-order valence-electron chi connectivity index (χ3n) is 7.11. The van der Waals surface area contributed by atoms with Crippen molar-refractivity contribution in [1.82, 2.24) is 10.3 Å². The van der Waals surface area contributed by atoms with E-state index in [1.165, 1.54) is 0 Å². The topological polar surface area (TPSA) is 94.6 Å². The van der Waals surface area contributed by atoms with E-state index in [4.69, 9.17) is 20.4 Å². The molecular formula is C24H28ClN3O4S. The summed E-state index contributed by atoms with van der Waals surface area (Å²) in [5, 5.41) is 4.12. The molecule has 2 aliphatic rings. The fraction of sp³-hybridized carbons (Fsp3) is 0.500. The minimum absolute atomic E-state index is 0.146. The molecular weight excluding hydrogens is 462 g/mol. The van der Waals surface area contributed by atoms with Crippen LogP contribution in [0, 0.1) is 5.41 Å². The average molecular weight is 490 g/mol. The zero-order chi connectivity index (χ0) is 23.0. The number of hydrogen-bond donors (Lipinski definition) is 1. The Morgan fingerprint density at radius 1 is 1.21 bits per heavy atom. The Morgan fingerprint density at radius 2 is 1.97 bits per heavy atom. The summed E-state index contributed by atoms with van der Waals surface area (Å²) in [7, 11) is 0. The van der Waals surface area contributed by atoms with Crippen LogP contribution in [0.1, 0.15) is 56.0 Å². The Balaban J connectivity index is 1.13. The minimum Gasteiger partial charge on any atom is -0.609 e. The van der Waals surface area contributed by atoms with Gasteiger partial charge in [0.2, 0.25) is 0 Å². The predicted octanol–water partition coefficient (Wildman–Crippen LogP) is 5.16. The summed E-state index contributed by atoms with van der Waals surface area (Å²) in [5.74, 6) is 0.485. The van der Waals surface area contributed by atoms with Gasteiger partial charge in [-0.3, -0.25) is 4.79 Å². The quantitative estimate of drug-likeness (QED) is 0.497. The fourth-order valence-electron chi connectivity index (χ4n) is 5.03. The number of fused-ring (bicyclic) bond motifs is 1. The number of anilines is 1. The molecule has 7 nitrogen and oxygen atoms in total. The number of oxazole rings is 1. The van der Waals surface area contributed by atoms with Crippen molar-refractivity contribution in [3.8, 4) is 0 Å². The summed E-state index contributed by atoms with van der Waals surface area (Å²) in [6.07, 6.45) is 6.30. The van der Waals surface area contributed by atoms with Crippen molar-refractivity contribution < 1.29 is 18.2 Å². The van der Waals surface area contributed by atoms with Gasteiger partial charge in [0.15, 0.2) is 11.3 Å². The van der Waals surface area contributed by atoms with Gasteiger partial charge in [-0.15, -0.1) is 0 Å². The second kappa shape index (κ2) is 9.24. The Kier molecular flexibility index (Phi) is 6.33. The van der Waals surface area contributed by atoms with Gasteiger partial charge in [-0.25, -0.2) is 0 Å². The molecule has 0 bridgehead atoms. The zero-order valence-corrected chi connectivity index (χ0v) is 20.2.